The van der Waals surface area contributed by atoms with Crippen molar-refractivity contribution in [3.05, 3.63) is 0 Å². The zero-order valence-electron chi connectivity index (χ0n) is 9.33. The fourth-order valence-corrected chi connectivity index (χ4v) is 2.44. The summed E-state index contributed by atoms with van der Waals surface area (Å²) in [6.07, 6.45) is 1.77. The van der Waals surface area contributed by atoms with Crippen molar-refractivity contribution in [2.45, 2.75) is 19.8 Å². The average molecular weight is 258 g/mol. The highest BCUT2D eigenvalue weighted by Crippen LogP contribution is 2.08. The van der Waals surface area contributed by atoms with Gasteiger partial charge in [0.15, 0.2) is 0 Å². The summed E-state index contributed by atoms with van der Waals surface area (Å²) in [6.45, 7) is 2.72. The van der Waals surface area contributed by atoms with Gasteiger partial charge in [-0.05, 0) is 12.3 Å². The van der Waals surface area contributed by atoms with E-state index in [1.54, 1.807) is 0 Å². The second-order valence-electron chi connectivity index (χ2n) is 3.41. The Balaban J connectivity index is 3.90. The number of ether oxygens (including phenoxy) is 1. The van der Waals surface area contributed by atoms with Crippen LogP contribution in [0, 0.1) is 5.92 Å². The van der Waals surface area contributed by atoms with Gasteiger partial charge in [0, 0.05) is 19.5 Å². The van der Waals surface area contributed by atoms with Crippen LogP contribution < -0.4 is 4.72 Å². The van der Waals surface area contributed by atoms with E-state index in [4.69, 9.17) is 16.3 Å². The van der Waals surface area contributed by atoms with Crippen LogP contribution in [-0.2, 0) is 14.8 Å². The molecule has 0 aromatic heterocycles. The Morgan fingerprint density at radius 1 is 1.47 bits per heavy atom. The topological polar surface area (TPSA) is 55.4 Å². The van der Waals surface area contributed by atoms with Gasteiger partial charge in [-0.2, -0.15) is 0 Å². The zero-order chi connectivity index (χ0) is 11.7. The molecule has 6 heteroatoms. The highest BCUT2D eigenvalue weighted by atomic mass is 35.5. The van der Waals surface area contributed by atoms with Gasteiger partial charge in [0.25, 0.3) is 0 Å². The molecule has 0 aliphatic carbocycles. The van der Waals surface area contributed by atoms with E-state index in [1.165, 1.54) is 7.11 Å². The molecule has 0 amide bonds. The van der Waals surface area contributed by atoms with Gasteiger partial charge in [0.2, 0.25) is 10.0 Å². The Kier molecular flexibility index (Phi) is 8.42. The molecule has 92 valence electrons. The van der Waals surface area contributed by atoms with Crippen LogP contribution in [0.5, 0.6) is 0 Å². The van der Waals surface area contributed by atoms with Crippen LogP contribution in [0.3, 0.4) is 0 Å². The zero-order valence-corrected chi connectivity index (χ0v) is 10.9. The Morgan fingerprint density at radius 2 is 2.13 bits per heavy atom. The first-order chi connectivity index (χ1) is 7.05. The lowest BCUT2D eigenvalue weighted by atomic mass is 10.0. The van der Waals surface area contributed by atoms with E-state index in [2.05, 4.69) is 4.72 Å². The molecule has 0 spiro atoms. The molecule has 1 N–H and O–H groups in total. The van der Waals surface area contributed by atoms with E-state index in [-0.39, 0.29) is 12.4 Å². The first-order valence-electron chi connectivity index (χ1n) is 5.08. The van der Waals surface area contributed by atoms with Crippen molar-refractivity contribution in [1.82, 2.24) is 4.72 Å². The van der Waals surface area contributed by atoms with Crippen molar-refractivity contribution < 1.29 is 13.2 Å². The summed E-state index contributed by atoms with van der Waals surface area (Å²) in [5.41, 5.74) is 0. The van der Waals surface area contributed by atoms with Crippen LogP contribution in [0.25, 0.3) is 0 Å². The Bertz CT molecular complexity index is 244. The van der Waals surface area contributed by atoms with Gasteiger partial charge in [-0.15, -0.1) is 11.6 Å². The number of hydrogen-bond acceptors (Lipinski definition) is 3. The first kappa shape index (κ1) is 15.2. The van der Waals surface area contributed by atoms with Gasteiger partial charge in [-0.3, -0.25) is 0 Å². The molecule has 1 unspecified atom stereocenters. The Morgan fingerprint density at radius 3 is 2.60 bits per heavy atom. The number of nitrogens with one attached hydrogen (secondary N) is 1. The molecular weight excluding hydrogens is 238 g/mol. The molecule has 0 aliphatic heterocycles. The van der Waals surface area contributed by atoms with Crippen LogP contribution in [0.15, 0.2) is 0 Å². The number of hydrogen-bond donors (Lipinski definition) is 1. The SMILES string of the molecule is CCC(CCCl)CNS(=O)(=O)CCOC. The minimum atomic E-state index is -3.19. The summed E-state index contributed by atoms with van der Waals surface area (Å²) in [7, 11) is -1.70. The predicted octanol–water partition coefficient (Wildman–Crippen LogP) is 1.21. The minimum absolute atomic E-state index is 0.0147. The molecule has 0 saturated carbocycles. The lowest BCUT2D eigenvalue weighted by molar-refractivity contribution is 0.217. The first-order valence-corrected chi connectivity index (χ1v) is 7.26. The van der Waals surface area contributed by atoms with Gasteiger partial charge < -0.3 is 4.74 Å². The second kappa shape index (κ2) is 8.33. The molecular formula is C9H20ClNO3S. The van der Waals surface area contributed by atoms with E-state index in [1.807, 2.05) is 6.92 Å². The van der Waals surface area contributed by atoms with Gasteiger partial charge >= 0.3 is 0 Å². The van der Waals surface area contributed by atoms with Crippen LogP contribution in [0.1, 0.15) is 19.8 Å². The molecule has 0 fully saturated rings. The molecule has 1 atom stereocenters. The summed E-state index contributed by atoms with van der Waals surface area (Å²) in [5.74, 6) is 0.902. The van der Waals surface area contributed by atoms with Crippen LogP contribution in [0.2, 0.25) is 0 Å². The third-order valence-corrected chi connectivity index (χ3v) is 3.77. The van der Waals surface area contributed by atoms with E-state index in [9.17, 15) is 8.42 Å². The van der Waals surface area contributed by atoms with E-state index < -0.39 is 10.0 Å². The molecule has 0 rings (SSSR count). The Labute approximate surface area is 97.4 Å². The van der Waals surface area contributed by atoms with Crippen LogP contribution in [-0.4, -0.2) is 40.3 Å². The van der Waals surface area contributed by atoms with Gasteiger partial charge in [-0.1, -0.05) is 13.3 Å². The maximum atomic E-state index is 11.4. The summed E-state index contributed by atoms with van der Waals surface area (Å²) in [6, 6.07) is 0. The number of methoxy groups -OCH3 is 1. The van der Waals surface area contributed by atoms with Gasteiger partial charge in [0.05, 0.1) is 12.4 Å². The maximum Gasteiger partial charge on any atom is 0.213 e. The fraction of sp³-hybridized carbons (Fsp3) is 1.00. The third-order valence-electron chi connectivity index (χ3n) is 2.24. The molecule has 0 aromatic rings. The standard InChI is InChI=1S/C9H20ClNO3S/c1-3-9(4-5-10)8-11-15(12,13)7-6-14-2/h9,11H,3-8H2,1-2H3. The third kappa shape index (κ3) is 8.02. The predicted molar refractivity (Wildman–Crippen MR) is 62.8 cm³/mol. The number of alkyl halides is 1. The molecule has 0 saturated heterocycles. The van der Waals surface area contributed by atoms with E-state index >= 15 is 0 Å². The molecule has 0 aliphatic rings. The quantitative estimate of drug-likeness (QED) is 0.632. The van der Waals surface area contributed by atoms with Crippen molar-refractivity contribution in [2.24, 2.45) is 5.92 Å². The highest BCUT2D eigenvalue weighted by molar-refractivity contribution is 7.89. The van der Waals surface area contributed by atoms with Gasteiger partial charge in [-0.25, -0.2) is 13.1 Å². The lowest BCUT2D eigenvalue weighted by Gasteiger charge is -2.14. The Hall–Kier alpha value is 0.160. The molecule has 15 heavy (non-hydrogen) atoms. The van der Waals surface area contributed by atoms with Crippen LogP contribution in [0.4, 0.5) is 0 Å². The molecule has 0 heterocycles. The average Bonchev–Trinajstić information content (AvgIpc) is 2.21. The smallest absolute Gasteiger partial charge is 0.213 e. The van der Waals surface area contributed by atoms with Crippen molar-refractivity contribution in [3.8, 4) is 0 Å². The second-order valence-corrected chi connectivity index (χ2v) is 5.72. The van der Waals surface area contributed by atoms with E-state index in [0.29, 0.717) is 18.3 Å². The molecule has 0 radical (unpaired) electrons. The monoisotopic (exact) mass is 257 g/mol. The molecule has 4 nitrogen and oxygen atoms in total. The largest absolute Gasteiger partial charge is 0.384 e. The highest BCUT2D eigenvalue weighted by Gasteiger charge is 2.12. The minimum Gasteiger partial charge on any atom is -0.384 e. The van der Waals surface area contributed by atoms with Crippen molar-refractivity contribution in [1.29, 1.82) is 0 Å². The number of sulfonamides is 1. The van der Waals surface area contributed by atoms with Crippen molar-refractivity contribution in [3.63, 3.8) is 0 Å². The summed E-state index contributed by atoms with van der Waals surface area (Å²) >= 11 is 5.61. The van der Waals surface area contributed by atoms with Gasteiger partial charge in [0.1, 0.15) is 0 Å². The number of halogens is 1. The summed E-state index contributed by atoms with van der Waals surface area (Å²) in [4.78, 5) is 0. The summed E-state index contributed by atoms with van der Waals surface area (Å²) in [5, 5.41) is 0. The normalized spacial score (nSPS) is 14.1. The maximum absolute atomic E-state index is 11.4. The fourth-order valence-electron chi connectivity index (χ4n) is 1.11. The van der Waals surface area contributed by atoms with E-state index in [0.717, 1.165) is 12.8 Å². The van der Waals surface area contributed by atoms with Crippen molar-refractivity contribution >= 4 is 21.6 Å². The number of rotatable bonds is 9. The molecule has 0 bridgehead atoms. The lowest BCUT2D eigenvalue weighted by Crippen LogP contribution is -2.32. The van der Waals surface area contributed by atoms with Crippen molar-refractivity contribution in [2.75, 3.05) is 31.9 Å². The summed E-state index contributed by atoms with van der Waals surface area (Å²) < 4.78 is 30.1. The molecule has 0 aromatic carbocycles. The van der Waals surface area contributed by atoms with Crippen LogP contribution >= 0.6 is 11.6 Å².